The lowest BCUT2D eigenvalue weighted by molar-refractivity contribution is -0.135. The highest BCUT2D eigenvalue weighted by molar-refractivity contribution is 6.14. The molecule has 1 aliphatic heterocycles. The summed E-state index contributed by atoms with van der Waals surface area (Å²) in [5.74, 6) is 0.235. The van der Waals surface area contributed by atoms with Gasteiger partial charge in [0.1, 0.15) is 11.5 Å². The van der Waals surface area contributed by atoms with Gasteiger partial charge in [0, 0.05) is 25.2 Å². The van der Waals surface area contributed by atoms with Crippen molar-refractivity contribution in [2.24, 2.45) is 0 Å². The molecule has 0 fully saturated rings. The third-order valence-corrected chi connectivity index (χ3v) is 6.15. The third-order valence-electron chi connectivity index (χ3n) is 6.15. The second-order valence-corrected chi connectivity index (χ2v) is 8.66. The van der Waals surface area contributed by atoms with E-state index >= 15 is 0 Å². The van der Waals surface area contributed by atoms with Crippen molar-refractivity contribution in [3.05, 3.63) is 94.1 Å². The standard InChI is InChI=1S/C28H24N2O5/c1-17-24(31)19-12-9-13-20(26(19)35-25(17)18-10-5-4-6-11-18)27(32)30-16-23(28(33)29(2)3)34-22-15-8-7-14-21(22)30/h4-15,23H,16H2,1-3H3/t23-/m1/s1. The number of amides is 2. The van der Waals surface area contributed by atoms with Gasteiger partial charge in [0.15, 0.2) is 17.1 Å². The van der Waals surface area contributed by atoms with Crippen molar-refractivity contribution in [2.75, 3.05) is 25.5 Å². The highest BCUT2D eigenvalue weighted by Gasteiger charge is 2.35. The lowest BCUT2D eigenvalue weighted by atomic mass is 10.0. The summed E-state index contributed by atoms with van der Waals surface area (Å²) in [6.07, 6.45) is -0.854. The van der Waals surface area contributed by atoms with Crippen molar-refractivity contribution in [1.82, 2.24) is 4.90 Å². The predicted octanol–water partition coefficient (Wildman–Crippen LogP) is 4.26. The molecule has 0 spiro atoms. The van der Waals surface area contributed by atoms with E-state index in [2.05, 4.69) is 0 Å². The lowest BCUT2D eigenvalue weighted by Gasteiger charge is -2.35. The molecule has 5 rings (SSSR count). The molecule has 0 saturated heterocycles. The molecule has 0 radical (unpaired) electrons. The number of para-hydroxylation sites is 3. The van der Waals surface area contributed by atoms with Crippen LogP contribution in [0.25, 0.3) is 22.3 Å². The normalized spacial score (nSPS) is 14.8. The van der Waals surface area contributed by atoms with E-state index in [0.29, 0.717) is 28.1 Å². The van der Waals surface area contributed by atoms with E-state index < -0.39 is 6.10 Å². The Hall–Kier alpha value is -4.39. The molecule has 2 heterocycles. The largest absolute Gasteiger partial charge is 0.476 e. The Labute approximate surface area is 202 Å². The Morgan fingerprint density at radius 2 is 1.66 bits per heavy atom. The summed E-state index contributed by atoms with van der Waals surface area (Å²) in [4.78, 5) is 42.8. The van der Waals surface area contributed by atoms with Gasteiger partial charge in [0.2, 0.25) is 0 Å². The topological polar surface area (TPSA) is 80.1 Å². The molecule has 0 unspecified atom stereocenters. The van der Waals surface area contributed by atoms with Crippen LogP contribution in [0.1, 0.15) is 15.9 Å². The molecule has 2 amide bonds. The number of rotatable bonds is 3. The van der Waals surface area contributed by atoms with Crippen molar-refractivity contribution in [2.45, 2.75) is 13.0 Å². The molecule has 1 atom stereocenters. The number of likely N-dealkylation sites (N-methyl/N-ethyl adjacent to an activating group) is 1. The third kappa shape index (κ3) is 3.85. The monoisotopic (exact) mass is 468 g/mol. The van der Waals surface area contributed by atoms with Crippen molar-refractivity contribution in [3.63, 3.8) is 0 Å². The summed E-state index contributed by atoms with van der Waals surface area (Å²) in [6, 6.07) is 21.4. The summed E-state index contributed by atoms with van der Waals surface area (Å²) < 4.78 is 12.2. The molecule has 0 bridgehead atoms. The fourth-order valence-corrected chi connectivity index (χ4v) is 4.33. The number of carbonyl (C=O) groups excluding carboxylic acids is 2. The summed E-state index contributed by atoms with van der Waals surface area (Å²) in [6.45, 7) is 1.75. The van der Waals surface area contributed by atoms with Crippen LogP contribution < -0.4 is 15.1 Å². The van der Waals surface area contributed by atoms with Crippen LogP contribution in [0, 0.1) is 6.92 Å². The van der Waals surface area contributed by atoms with Crippen LogP contribution >= 0.6 is 0 Å². The van der Waals surface area contributed by atoms with Gasteiger partial charge in [-0.05, 0) is 31.2 Å². The SMILES string of the molecule is Cc1c(-c2ccccc2)oc2c(C(=O)N3C[C@H](C(=O)N(C)C)Oc4ccccc43)cccc2c1=O. The second kappa shape index (κ2) is 8.76. The Morgan fingerprint density at radius 3 is 2.40 bits per heavy atom. The van der Waals surface area contributed by atoms with E-state index in [0.717, 1.165) is 5.56 Å². The number of carbonyl (C=O) groups is 2. The van der Waals surface area contributed by atoms with Crippen molar-refractivity contribution >= 4 is 28.5 Å². The molecule has 1 aliphatic rings. The van der Waals surface area contributed by atoms with E-state index in [-0.39, 0.29) is 34.9 Å². The van der Waals surface area contributed by atoms with Crippen molar-refractivity contribution in [1.29, 1.82) is 0 Å². The number of fused-ring (bicyclic) bond motifs is 2. The van der Waals surface area contributed by atoms with Gasteiger partial charge < -0.3 is 19.0 Å². The molecule has 176 valence electrons. The molecule has 35 heavy (non-hydrogen) atoms. The Balaban J connectivity index is 1.66. The van der Waals surface area contributed by atoms with Crippen LogP contribution in [0.3, 0.4) is 0 Å². The second-order valence-electron chi connectivity index (χ2n) is 8.66. The van der Waals surface area contributed by atoms with E-state index in [1.807, 2.05) is 30.3 Å². The first kappa shape index (κ1) is 22.4. The number of benzene rings is 3. The first-order valence-corrected chi connectivity index (χ1v) is 11.3. The van der Waals surface area contributed by atoms with E-state index in [4.69, 9.17) is 9.15 Å². The van der Waals surface area contributed by atoms with E-state index in [1.165, 1.54) is 9.80 Å². The van der Waals surface area contributed by atoms with Crippen LogP contribution in [0.2, 0.25) is 0 Å². The van der Waals surface area contributed by atoms with Crippen LogP contribution in [0.4, 0.5) is 5.69 Å². The van der Waals surface area contributed by atoms with E-state index in [9.17, 15) is 14.4 Å². The Kier molecular flexibility index (Phi) is 5.61. The molecule has 0 aliphatic carbocycles. The molecule has 3 aromatic carbocycles. The first-order chi connectivity index (χ1) is 16.9. The number of hydrogen-bond donors (Lipinski definition) is 0. The van der Waals surface area contributed by atoms with Gasteiger partial charge in [-0.25, -0.2) is 0 Å². The molecule has 7 nitrogen and oxygen atoms in total. The van der Waals surface area contributed by atoms with Crippen LogP contribution in [-0.4, -0.2) is 43.5 Å². The molecule has 0 saturated carbocycles. The number of hydrogen-bond acceptors (Lipinski definition) is 5. The van der Waals surface area contributed by atoms with Crippen LogP contribution in [0.5, 0.6) is 5.75 Å². The van der Waals surface area contributed by atoms with Crippen molar-refractivity contribution < 1.29 is 18.7 Å². The first-order valence-electron chi connectivity index (χ1n) is 11.3. The quantitative estimate of drug-likeness (QED) is 0.449. The molecule has 4 aromatic rings. The molecular weight excluding hydrogens is 444 g/mol. The van der Waals surface area contributed by atoms with Gasteiger partial charge in [-0.15, -0.1) is 0 Å². The number of anilines is 1. The van der Waals surface area contributed by atoms with Gasteiger partial charge in [0.25, 0.3) is 11.8 Å². The van der Waals surface area contributed by atoms with Gasteiger partial charge >= 0.3 is 0 Å². The maximum Gasteiger partial charge on any atom is 0.265 e. The average Bonchev–Trinajstić information content (AvgIpc) is 2.89. The molecule has 7 heteroatoms. The predicted molar refractivity (Wildman–Crippen MR) is 134 cm³/mol. The van der Waals surface area contributed by atoms with E-state index in [1.54, 1.807) is 63.5 Å². The Morgan fingerprint density at radius 1 is 0.943 bits per heavy atom. The highest BCUT2D eigenvalue weighted by atomic mass is 16.5. The smallest absolute Gasteiger partial charge is 0.265 e. The van der Waals surface area contributed by atoms with Crippen LogP contribution in [0.15, 0.2) is 82.0 Å². The minimum atomic E-state index is -0.854. The van der Waals surface area contributed by atoms with Gasteiger partial charge in [-0.3, -0.25) is 14.4 Å². The fraction of sp³-hybridized carbons (Fsp3) is 0.179. The maximum absolute atomic E-state index is 13.9. The summed E-state index contributed by atoms with van der Waals surface area (Å²) in [5, 5.41) is 0.329. The van der Waals surface area contributed by atoms with Gasteiger partial charge in [-0.2, -0.15) is 0 Å². The summed E-state index contributed by atoms with van der Waals surface area (Å²) in [7, 11) is 3.29. The zero-order valence-electron chi connectivity index (χ0n) is 19.6. The summed E-state index contributed by atoms with van der Waals surface area (Å²) in [5.41, 5.74) is 2.04. The van der Waals surface area contributed by atoms with Gasteiger partial charge in [-0.1, -0.05) is 48.5 Å². The van der Waals surface area contributed by atoms with Gasteiger partial charge in [0.05, 0.1) is 23.2 Å². The van der Waals surface area contributed by atoms with Crippen LogP contribution in [-0.2, 0) is 4.79 Å². The zero-order chi connectivity index (χ0) is 24.7. The van der Waals surface area contributed by atoms with Crippen molar-refractivity contribution in [3.8, 4) is 17.1 Å². The molecular formula is C28H24N2O5. The minimum Gasteiger partial charge on any atom is -0.476 e. The average molecular weight is 469 g/mol. The maximum atomic E-state index is 13.9. The summed E-state index contributed by atoms with van der Waals surface area (Å²) >= 11 is 0. The lowest BCUT2D eigenvalue weighted by Crippen LogP contribution is -2.50. The minimum absolute atomic E-state index is 0.0326. The fourth-order valence-electron chi connectivity index (χ4n) is 4.33. The molecule has 0 N–H and O–H groups in total. The number of ether oxygens (including phenoxy) is 1. The highest BCUT2D eigenvalue weighted by Crippen LogP contribution is 2.36. The molecule has 1 aromatic heterocycles. The Bertz CT molecular complexity index is 1510. The zero-order valence-corrected chi connectivity index (χ0v) is 19.6. The number of nitrogens with zero attached hydrogens (tertiary/aromatic N) is 2.